The summed E-state index contributed by atoms with van der Waals surface area (Å²) in [5, 5.41) is 3.60. The Morgan fingerprint density at radius 1 is 1.46 bits per heavy atom. The first kappa shape index (κ1) is 11.4. The van der Waals surface area contributed by atoms with Crippen molar-refractivity contribution in [2.24, 2.45) is 15.9 Å². The van der Waals surface area contributed by atoms with Crippen LogP contribution in [-0.2, 0) is 4.84 Å². The topological polar surface area (TPSA) is 60.0 Å². The molecule has 0 atom stereocenters. The molecule has 0 rings (SSSR count). The van der Waals surface area contributed by atoms with Gasteiger partial charge in [-0.25, -0.2) is 0 Å². The summed E-state index contributed by atoms with van der Waals surface area (Å²) in [6, 6.07) is 0. The zero-order chi connectivity index (χ0) is 10.1. The summed E-state index contributed by atoms with van der Waals surface area (Å²) < 4.78 is 0. The summed E-state index contributed by atoms with van der Waals surface area (Å²) in [4.78, 5) is 8.67. The molecule has 13 heavy (non-hydrogen) atoms. The van der Waals surface area contributed by atoms with Crippen LogP contribution >= 0.6 is 0 Å². The Morgan fingerprint density at radius 2 is 2.15 bits per heavy atom. The molecular weight excluding hydrogens is 166 g/mol. The zero-order valence-electron chi connectivity index (χ0n) is 8.19. The molecule has 0 amide bonds. The van der Waals surface area contributed by atoms with Gasteiger partial charge in [0.25, 0.3) is 0 Å². The van der Waals surface area contributed by atoms with Crippen LogP contribution in [-0.4, -0.2) is 19.5 Å². The van der Waals surface area contributed by atoms with Gasteiger partial charge in [-0.1, -0.05) is 5.16 Å². The lowest BCUT2D eigenvalue weighted by atomic mass is 10.3. The number of allylic oxidation sites excluding steroid dienone is 3. The highest BCUT2D eigenvalue weighted by Crippen LogP contribution is 1.98. The van der Waals surface area contributed by atoms with Gasteiger partial charge in [0.15, 0.2) is 0 Å². The third kappa shape index (κ3) is 6.80. The predicted octanol–water partition coefficient (Wildman–Crippen LogP) is 1.46. The molecule has 0 spiro atoms. The van der Waals surface area contributed by atoms with E-state index in [1.54, 1.807) is 45.5 Å². The first-order valence-corrected chi connectivity index (χ1v) is 3.92. The normalized spacial score (nSPS) is 14.4. The molecule has 0 heterocycles. The van der Waals surface area contributed by atoms with Gasteiger partial charge in [0, 0.05) is 31.2 Å². The first-order chi connectivity index (χ1) is 6.20. The van der Waals surface area contributed by atoms with Crippen molar-refractivity contribution in [2.75, 3.05) is 7.05 Å². The number of rotatable bonds is 4. The molecule has 0 aliphatic rings. The molecule has 0 unspecified atom stereocenters. The van der Waals surface area contributed by atoms with Crippen molar-refractivity contribution in [1.82, 2.24) is 0 Å². The van der Waals surface area contributed by atoms with Crippen molar-refractivity contribution >= 4 is 12.4 Å². The van der Waals surface area contributed by atoms with Gasteiger partial charge >= 0.3 is 0 Å². The van der Waals surface area contributed by atoms with Crippen LogP contribution in [0.25, 0.3) is 0 Å². The van der Waals surface area contributed by atoms with E-state index in [4.69, 9.17) is 10.6 Å². The van der Waals surface area contributed by atoms with Crippen LogP contribution in [0.2, 0.25) is 0 Å². The average Bonchev–Trinajstić information content (AvgIpc) is 2.11. The molecule has 0 radical (unpaired) electrons. The average molecular weight is 181 g/mol. The fraction of sp³-hybridized carbons (Fsp3) is 0.333. The van der Waals surface area contributed by atoms with Crippen molar-refractivity contribution in [3.63, 3.8) is 0 Å². The number of nitrogens with zero attached hydrogens (tertiary/aromatic N) is 2. The van der Waals surface area contributed by atoms with Crippen molar-refractivity contribution < 1.29 is 4.84 Å². The Bertz CT molecular complexity index is 252. The van der Waals surface area contributed by atoms with E-state index in [1.807, 2.05) is 0 Å². The van der Waals surface area contributed by atoms with Crippen LogP contribution < -0.4 is 5.73 Å². The quantitative estimate of drug-likeness (QED) is 0.309. The monoisotopic (exact) mass is 181 g/mol. The van der Waals surface area contributed by atoms with Gasteiger partial charge in [-0.05, 0) is 19.9 Å². The molecule has 4 heteroatoms. The van der Waals surface area contributed by atoms with Gasteiger partial charge in [-0.15, -0.1) is 0 Å². The standard InChI is InChI=1S/C9H15N3O/c1-4-12-13-8(2)7-9(10)5-6-11-3/h4-7H,10H2,1-3H3/b8-7+,9-5?,11-6?,12-4+. The Hall–Kier alpha value is -1.58. The van der Waals surface area contributed by atoms with Gasteiger partial charge in [0.05, 0.1) is 0 Å². The molecule has 0 aliphatic carbocycles. The van der Waals surface area contributed by atoms with Crippen LogP contribution in [0.4, 0.5) is 0 Å². The number of hydrogen-bond donors (Lipinski definition) is 1. The molecule has 0 aromatic rings. The fourth-order valence-corrected chi connectivity index (χ4v) is 0.606. The highest BCUT2D eigenvalue weighted by Gasteiger charge is 1.88. The Kier molecular flexibility index (Phi) is 6.23. The van der Waals surface area contributed by atoms with Crippen molar-refractivity contribution in [1.29, 1.82) is 0 Å². The SMILES string of the molecule is C/C=N/O/C(C)=C/C(N)=CC=NC. The van der Waals surface area contributed by atoms with Gasteiger partial charge in [-0.2, -0.15) is 0 Å². The van der Waals surface area contributed by atoms with Crippen LogP contribution in [0, 0.1) is 0 Å². The molecule has 2 N–H and O–H groups in total. The zero-order valence-corrected chi connectivity index (χ0v) is 8.19. The van der Waals surface area contributed by atoms with Gasteiger partial charge < -0.3 is 10.6 Å². The number of oxime groups is 1. The largest absolute Gasteiger partial charge is 0.399 e. The molecule has 0 aromatic heterocycles. The molecule has 0 aromatic carbocycles. The van der Waals surface area contributed by atoms with Crippen LogP contribution in [0.5, 0.6) is 0 Å². The molecular formula is C9H15N3O. The molecule has 0 fully saturated rings. The third-order valence-electron chi connectivity index (χ3n) is 1.09. The summed E-state index contributed by atoms with van der Waals surface area (Å²) in [6.07, 6.45) is 6.53. The Balaban J connectivity index is 4.20. The van der Waals surface area contributed by atoms with Gasteiger partial charge in [-0.3, -0.25) is 4.99 Å². The van der Waals surface area contributed by atoms with E-state index in [0.29, 0.717) is 11.5 Å². The Labute approximate surface area is 78.5 Å². The van der Waals surface area contributed by atoms with E-state index in [2.05, 4.69) is 10.1 Å². The van der Waals surface area contributed by atoms with Crippen molar-refractivity contribution in [3.8, 4) is 0 Å². The summed E-state index contributed by atoms with van der Waals surface area (Å²) >= 11 is 0. The molecule has 0 saturated carbocycles. The van der Waals surface area contributed by atoms with E-state index >= 15 is 0 Å². The minimum atomic E-state index is 0.578. The maximum atomic E-state index is 5.59. The summed E-state index contributed by atoms with van der Waals surface area (Å²) in [5.74, 6) is 0.636. The van der Waals surface area contributed by atoms with E-state index in [1.165, 1.54) is 0 Å². The summed E-state index contributed by atoms with van der Waals surface area (Å²) in [7, 11) is 1.68. The van der Waals surface area contributed by atoms with Gasteiger partial charge in [0.2, 0.25) is 0 Å². The molecule has 4 nitrogen and oxygen atoms in total. The van der Waals surface area contributed by atoms with Crippen LogP contribution in [0.3, 0.4) is 0 Å². The Morgan fingerprint density at radius 3 is 2.69 bits per heavy atom. The minimum Gasteiger partial charge on any atom is -0.399 e. The maximum Gasteiger partial charge on any atom is 0.134 e. The minimum absolute atomic E-state index is 0.578. The van der Waals surface area contributed by atoms with Gasteiger partial charge in [0.1, 0.15) is 5.76 Å². The number of nitrogens with two attached hydrogens (primary N) is 1. The first-order valence-electron chi connectivity index (χ1n) is 3.92. The molecule has 72 valence electrons. The second kappa shape index (κ2) is 7.09. The number of aliphatic imine (C=N–C) groups is 1. The predicted molar refractivity (Wildman–Crippen MR) is 55.7 cm³/mol. The lowest BCUT2D eigenvalue weighted by Gasteiger charge is -1.96. The summed E-state index contributed by atoms with van der Waals surface area (Å²) in [5.41, 5.74) is 6.17. The fourth-order valence-electron chi connectivity index (χ4n) is 0.606. The van der Waals surface area contributed by atoms with Crippen molar-refractivity contribution in [2.45, 2.75) is 13.8 Å². The van der Waals surface area contributed by atoms with E-state index < -0.39 is 0 Å². The smallest absolute Gasteiger partial charge is 0.134 e. The number of hydrogen-bond acceptors (Lipinski definition) is 4. The van der Waals surface area contributed by atoms with Crippen LogP contribution in [0.1, 0.15) is 13.8 Å². The van der Waals surface area contributed by atoms with E-state index in [9.17, 15) is 0 Å². The summed E-state index contributed by atoms with van der Waals surface area (Å²) in [6.45, 7) is 3.55. The van der Waals surface area contributed by atoms with E-state index in [0.717, 1.165) is 0 Å². The van der Waals surface area contributed by atoms with Crippen molar-refractivity contribution in [3.05, 3.63) is 23.6 Å². The maximum absolute atomic E-state index is 5.59. The highest BCUT2D eigenvalue weighted by atomic mass is 16.6. The molecule has 0 saturated heterocycles. The molecule has 0 bridgehead atoms. The highest BCUT2D eigenvalue weighted by molar-refractivity contribution is 5.72. The third-order valence-corrected chi connectivity index (χ3v) is 1.09. The molecule has 0 aliphatic heterocycles. The second-order valence-electron chi connectivity index (χ2n) is 2.28. The van der Waals surface area contributed by atoms with E-state index in [-0.39, 0.29) is 0 Å². The lowest BCUT2D eigenvalue weighted by Crippen LogP contribution is -1.95. The van der Waals surface area contributed by atoms with Crippen LogP contribution in [0.15, 0.2) is 33.8 Å². The lowest BCUT2D eigenvalue weighted by molar-refractivity contribution is 0.231. The second-order valence-corrected chi connectivity index (χ2v) is 2.28.